The molecule has 0 aromatic heterocycles. The average molecular weight is 318 g/mol. The fourth-order valence-corrected chi connectivity index (χ4v) is 1.80. The van der Waals surface area contributed by atoms with Crippen molar-refractivity contribution in [1.29, 1.82) is 5.26 Å². The molecule has 1 aromatic carbocycles. The van der Waals surface area contributed by atoms with Crippen LogP contribution in [0.5, 0.6) is 11.5 Å². The molecule has 0 heterocycles. The molecule has 5 nitrogen and oxygen atoms in total. The molecule has 1 N–H and O–H groups in total. The number of hydrogen-bond donors (Lipinski definition) is 1. The highest BCUT2D eigenvalue weighted by Crippen LogP contribution is 2.28. The van der Waals surface area contributed by atoms with Gasteiger partial charge in [-0.3, -0.25) is 4.79 Å². The minimum atomic E-state index is -1.04. The minimum absolute atomic E-state index is 0.295. The molecule has 0 unspecified atom stereocenters. The number of nitriles is 1. The molecule has 0 aliphatic carbocycles. The molecule has 1 amide bonds. The summed E-state index contributed by atoms with van der Waals surface area (Å²) in [5.74, 6) is 1.62. The van der Waals surface area contributed by atoms with Crippen molar-refractivity contribution in [2.75, 3.05) is 13.7 Å². The Kier molecular flexibility index (Phi) is 6.89. The van der Waals surface area contributed by atoms with E-state index in [-0.39, 0.29) is 5.91 Å². The number of methoxy groups -OCH3 is 1. The monoisotopic (exact) mass is 318 g/mol. The van der Waals surface area contributed by atoms with Crippen molar-refractivity contribution < 1.29 is 14.3 Å². The van der Waals surface area contributed by atoms with Crippen molar-refractivity contribution in [3.63, 3.8) is 0 Å². The molecule has 0 saturated heterocycles. The molecule has 23 heavy (non-hydrogen) atoms. The van der Waals surface area contributed by atoms with Crippen LogP contribution in [0.25, 0.3) is 0 Å². The highest BCUT2D eigenvalue weighted by molar-refractivity contribution is 5.84. The summed E-state index contributed by atoms with van der Waals surface area (Å²) >= 11 is 0. The molecule has 0 radical (unpaired) electrons. The summed E-state index contributed by atoms with van der Waals surface area (Å²) in [5, 5.41) is 11.7. The number of hydrogen-bond acceptors (Lipinski definition) is 4. The molecule has 0 aliphatic heterocycles. The van der Waals surface area contributed by atoms with Gasteiger partial charge in [0.05, 0.1) is 19.8 Å². The SMILES string of the molecule is COc1cc(CNC(=O)C(C)(C)C#N)ccc1OCCC(C)C. The van der Waals surface area contributed by atoms with Gasteiger partial charge in [-0.05, 0) is 43.9 Å². The van der Waals surface area contributed by atoms with Crippen LogP contribution in [0, 0.1) is 22.7 Å². The van der Waals surface area contributed by atoms with Crippen LogP contribution >= 0.6 is 0 Å². The lowest BCUT2D eigenvalue weighted by Gasteiger charge is -2.16. The molecular formula is C18H26N2O3. The Morgan fingerprint density at radius 3 is 2.61 bits per heavy atom. The normalized spacial score (nSPS) is 11.0. The number of ether oxygens (including phenoxy) is 2. The predicted octanol–water partition coefficient (Wildman–Crippen LogP) is 3.29. The molecule has 126 valence electrons. The van der Waals surface area contributed by atoms with Gasteiger partial charge in [0.25, 0.3) is 0 Å². The fourth-order valence-electron chi connectivity index (χ4n) is 1.80. The zero-order valence-corrected chi connectivity index (χ0v) is 14.6. The van der Waals surface area contributed by atoms with Crippen LogP contribution in [0.4, 0.5) is 0 Å². The van der Waals surface area contributed by atoms with Gasteiger partial charge in [0.1, 0.15) is 5.41 Å². The number of amides is 1. The second-order valence-electron chi connectivity index (χ2n) is 6.44. The smallest absolute Gasteiger partial charge is 0.240 e. The van der Waals surface area contributed by atoms with Crippen LogP contribution in [-0.2, 0) is 11.3 Å². The summed E-state index contributed by atoms with van der Waals surface area (Å²) in [7, 11) is 1.59. The zero-order valence-electron chi connectivity index (χ0n) is 14.6. The maximum atomic E-state index is 11.9. The van der Waals surface area contributed by atoms with Gasteiger partial charge in [-0.15, -0.1) is 0 Å². The Hall–Kier alpha value is -2.22. The first-order chi connectivity index (χ1) is 10.8. The van der Waals surface area contributed by atoms with E-state index in [1.54, 1.807) is 21.0 Å². The molecule has 0 fully saturated rings. The van der Waals surface area contributed by atoms with Gasteiger partial charge in [0.15, 0.2) is 11.5 Å². The van der Waals surface area contributed by atoms with E-state index in [4.69, 9.17) is 14.7 Å². The van der Waals surface area contributed by atoms with Crippen molar-refractivity contribution in [1.82, 2.24) is 5.32 Å². The van der Waals surface area contributed by atoms with Gasteiger partial charge in [-0.1, -0.05) is 19.9 Å². The average Bonchev–Trinajstić information content (AvgIpc) is 2.52. The van der Waals surface area contributed by atoms with Crippen molar-refractivity contribution in [2.45, 2.75) is 40.7 Å². The third kappa shape index (κ3) is 5.82. The minimum Gasteiger partial charge on any atom is -0.493 e. The van der Waals surface area contributed by atoms with Gasteiger partial charge >= 0.3 is 0 Å². The summed E-state index contributed by atoms with van der Waals surface area (Å²) in [6.07, 6.45) is 0.976. The topological polar surface area (TPSA) is 71.3 Å². The van der Waals surface area contributed by atoms with E-state index in [9.17, 15) is 4.79 Å². The molecule has 0 spiro atoms. The third-order valence-electron chi connectivity index (χ3n) is 3.48. The molecular weight excluding hydrogens is 292 g/mol. The maximum absolute atomic E-state index is 11.9. The van der Waals surface area contributed by atoms with E-state index in [1.165, 1.54) is 0 Å². The van der Waals surface area contributed by atoms with Gasteiger partial charge in [0, 0.05) is 6.54 Å². The molecule has 1 aromatic rings. The quantitative estimate of drug-likeness (QED) is 0.798. The highest BCUT2D eigenvalue weighted by Gasteiger charge is 2.26. The van der Waals surface area contributed by atoms with Gasteiger partial charge in [-0.2, -0.15) is 5.26 Å². The zero-order chi connectivity index (χ0) is 17.5. The summed E-state index contributed by atoms with van der Waals surface area (Å²) in [5.41, 5.74) is -0.149. The van der Waals surface area contributed by atoms with E-state index in [2.05, 4.69) is 19.2 Å². The van der Waals surface area contributed by atoms with E-state index in [1.807, 2.05) is 24.3 Å². The Morgan fingerprint density at radius 1 is 1.35 bits per heavy atom. The first kappa shape index (κ1) is 18.8. The molecule has 5 heteroatoms. The predicted molar refractivity (Wildman–Crippen MR) is 89.2 cm³/mol. The highest BCUT2D eigenvalue weighted by atomic mass is 16.5. The molecule has 1 rings (SSSR count). The van der Waals surface area contributed by atoms with E-state index >= 15 is 0 Å². The van der Waals surface area contributed by atoms with Crippen LogP contribution in [0.2, 0.25) is 0 Å². The standard InChI is InChI=1S/C18H26N2O3/c1-13(2)8-9-23-15-7-6-14(10-16(15)22-5)11-20-17(21)18(3,4)12-19/h6-7,10,13H,8-9,11H2,1-5H3,(H,20,21). The van der Waals surface area contributed by atoms with Crippen LogP contribution in [0.15, 0.2) is 18.2 Å². The van der Waals surface area contributed by atoms with E-state index in [0.717, 1.165) is 12.0 Å². The first-order valence-electron chi connectivity index (χ1n) is 7.79. The van der Waals surface area contributed by atoms with Crippen LogP contribution < -0.4 is 14.8 Å². The van der Waals surface area contributed by atoms with Gasteiger partial charge < -0.3 is 14.8 Å². The number of nitrogens with zero attached hydrogens (tertiary/aromatic N) is 1. The largest absolute Gasteiger partial charge is 0.493 e. The summed E-state index contributed by atoms with van der Waals surface area (Å²) in [4.78, 5) is 11.9. The molecule has 0 bridgehead atoms. The second-order valence-corrected chi connectivity index (χ2v) is 6.44. The number of benzene rings is 1. The van der Waals surface area contributed by atoms with Crippen molar-refractivity contribution in [3.05, 3.63) is 23.8 Å². The third-order valence-corrected chi connectivity index (χ3v) is 3.48. The Labute approximate surface area is 138 Å². The van der Waals surface area contributed by atoms with Crippen molar-refractivity contribution in [2.24, 2.45) is 11.3 Å². The first-order valence-corrected chi connectivity index (χ1v) is 7.79. The number of carbonyl (C=O) groups excluding carboxylic acids is 1. The van der Waals surface area contributed by atoms with E-state index < -0.39 is 5.41 Å². The fraction of sp³-hybridized carbons (Fsp3) is 0.556. The van der Waals surface area contributed by atoms with Crippen LogP contribution in [0.1, 0.15) is 39.7 Å². The Balaban J connectivity index is 2.69. The van der Waals surface area contributed by atoms with Gasteiger partial charge in [-0.25, -0.2) is 0 Å². The molecule has 0 atom stereocenters. The Morgan fingerprint density at radius 2 is 2.04 bits per heavy atom. The van der Waals surface area contributed by atoms with E-state index in [0.29, 0.717) is 30.6 Å². The lowest BCUT2D eigenvalue weighted by molar-refractivity contribution is -0.126. The van der Waals surface area contributed by atoms with Gasteiger partial charge in [0.2, 0.25) is 5.91 Å². The summed E-state index contributed by atoms with van der Waals surface area (Å²) < 4.78 is 11.1. The van der Waals surface area contributed by atoms with Crippen LogP contribution in [-0.4, -0.2) is 19.6 Å². The summed E-state index contributed by atoms with van der Waals surface area (Å²) in [6, 6.07) is 7.55. The lowest BCUT2D eigenvalue weighted by Crippen LogP contribution is -2.35. The lowest BCUT2D eigenvalue weighted by atomic mass is 9.95. The Bertz CT molecular complexity index is 574. The number of rotatable bonds is 8. The van der Waals surface area contributed by atoms with Crippen molar-refractivity contribution in [3.8, 4) is 17.6 Å². The number of nitrogens with one attached hydrogen (secondary N) is 1. The maximum Gasteiger partial charge on any atom is 0.240 e. The van der Waals surface area contributed by atoms with Crippen molar-refractivity contribution >= 4 is 5.91 Å². The summed E-state index contributed by atoms with van der Waals surface area (Å²) in [6.45, 7) is 8.46. The molecule has 0 aliphatic rings. The molecule has 0 saturated carbocycles. The number of carbonyl (C=O) groups is 1. The van der Waals surface area contributed by atoms with Crippen LogP contribution in [0.3, 0.4) is 0 Å². The second kappa shape index (κ2) is 8.42.